The van der Waals surface area contributed by atoms with Crippen LogP contribution in [0.25, 0.3) is 11.0 Å². The van der Waals surface area contributed by atoms with Crippen LogP contribution in [-0.4, -0.2) is 29.7 Å². The first-order chi connectivity index (χ1) is 14.4. The van der Waals surface area contributed by atoms with Crippen LogP contribution in [0.3, 0.4) is 0 Å². The monoisotopic (exact) mass is 413 g/mol. The molecular formula is C24H31NO5. The number of rotatable bonds is 5. The van der Waals surface area contributed by atoms with Crippen LogP contribution in [0.2, 0.25) is 0 Å². The molecule has 2 heterocycles. The van der Waals surface area contributed by atoms with Crippen molar-refractivity contribution in [2.75, 3.05) is 6.73 Å². The fourth-order valence-corrected chi connectivity index (χ4v) is 4.70. The largest absolute Gasteiger partial charge is 0.477 e. The van der Waals surface area contributed by atoms with Gasteiger partial charge in [-0.3, -0.25) is 9.69 Å². The van der Waals surface area contributed by atoms with Gasteiger partial charge in [0.2, 0.25) is 0 Å². The van der Waals surface area contributed by atoms with E-state index in [0.29, 0.717) is 37.7 Å². The van der Waals surface area contributed by atoms with Gasteiger partial charge in [0.1, 0.15) is 18.1 Å². The fraction of sp³-hybridized carbons (Fsp3) is 0.583. The maximum atomic E-state index is 12.1. The number of esters is 1. The van der Waals surface area contributed by atoms with Crippen LogP contribution in [0.1, 0.15) is 69.1 Å². The highest BCUT2D eigenvalue weighted by Gasteiger charge is 2.30. The number of hydrogen-bond donors (Lipinski definition) is 0. The van der Waals surface area contributed by atoms with Gasteiger partial charge >= 0.3 is 11.6 Å². The zero-order valence-electron chi connectivity index (χ0n) is 18.2. The van der Waals surface area contributed by atoms with Crippen molar-refractivity contribution in [1.29, 1.82) is 0 Å². The number of fused-ring (bicyclic) bond motifs is 3. The lowest BCUT2D eigenvalue weighted by atomic mass is 9.92. The van der Waals surface area contributed by atoms with E-state index in [1.165, 1.54) is 38.2 Å². The highest BCUT2D eigenvalue weighted by Crippen LogP contribution is 2.39. The van der Waals surface area contributed by atoms with Crippen molar-refractivity contribution in [3.63, 3.8) is 0 Å². The van der Waals surface area contributed by atoms with E-state index < -0.39 is 0 Å². The van der Waals surface area contributed by atoms with Crippen LogP contribution in [0, 0.1) is 6.92 Å². The molecule has 1 aliphatic heterocycles. The molecule has 0 N–H and O–H groups in total. The molecule has 1 aromatic carbocycles. The van der Waals surface area contributed by atoms with Crippen LogP contribution in [-0.2, 0) is 22.5 Å². The number of carbonyl (C=O) groups is 1. The Hall–Kier alpha value is -2.34. The Morgan fingerprint density at radius 1 is 1.23 bits per heavy atom. The quantitative estimate of drug-likeness (QED) is 0.532. The average molecular weight is 414 g/mol. The Bertz CT molecular complexity index is 987. The highest BCUT2D eigenvalue weighted by molar-refractivity contribution is 5.86. The van der Waals surface area contributed by atoms with E-state index in [2.05, 4.69) is 4.90 Å². The summed E-state index contributed by atoms with van der Waals surface area (Å²) in [6.45, 7) is 6.86. The molecule has 162 valence electrons. The Balaban J connectivity index is 1.70. The second-order valence-electron chi connectivity index (χ2n) is 8.82. The normalized spacial score (nSPS) is 17.7. The van der Waals surface area contributed by atoms with Crippen LogP contribution in [0.4, 0.5) is 0 Å². The zero-order chi connectivity index (χ0) is 21.3. The Morgan fingerprint density at radius 3 is 2.73 bits per heavy atom. The summed E-state index contributed by atoms with van der Waals surface area (Å²) in [5.41, 5.74) is 3.05. The molecule has 4 rings (SSSR count). The number of aryl methyl sites for hydroxylation is 2. The molecule has 2 aliphatic rings. The van der Waals surface area contributed by atoms with Gasteiger partial charge in [0.25, 0.3) is 0 Å². The smallest absolute Gasteiger partial charge is 0.336 e. The van der Waals surface area contributed by atoms with Crippen LogP contribution in [0.5, 0.6) is 5.75 Å². The minimum atomic E-state index is -0.342. The van der Waals surface area contributed by atoms with Crippen molar-refractivity contribution in [1.82, 2.24) is 4.90 Å². The summed E-state index contributed by atoms with van der Waals surface area (Å²) in [6.07, 6.45) is 6.87. The van der Waals surface area contributed by atoms with E-state index in [1.807, 2.05) is 26.8 Å². The standard InChI is InChI=1S/C24H31NO5/c1-15(2)29-21(26)10-9-17-12-19-16(3)11-22(27)30-24(19)20-13-25(14-28-23(17)20)18-7-5-4-6-8-18/h11-12,15,18H,4-10,13-14H2,1-3H3. The molecule has 1 aromatic heterocycles. The molecule has 0 spiro atoms. The summed E-state index contributed by atoms with van der Waals surface area (Å²) in [5, 5.41) is 0.912. The first kappa shape index (κ1) is 20.9. The number of carbonyl (C=O) groups excluding carboxylic acids is 1. The third-order valence-electron chi connectivity index (χ3n) is 6.16. The number of benzene rings is 1. The summed E-state index contributed by atoms with van der Waals surface area (Å²) in [7, 11) is 0. The highest BCUT2D eigenvalue weighted by atomic mass is 16.5. The summed E-state index contributed by atoms with van der Waals surface area (Å²) >= 11 is 0. The van der Waals surface area contributed by atoms with Crippen molar-refractivity contribution in [2.45, 2.75) is 84.4 Å². The van der Waals surface area contributed by atoms with Crippen molar-refractivity contribution in [3.05, 3.63) is 39.2 Å². The van der Waals surface area contributed by atoms with Crippen LogP contribution >= 0.6 is 0 Å². The van der Waals surface area contributed by atoms with E-state index in [4.69, 9.17) is 13.9 Å². The van der Waals surface area contributed by atoms with Crippen LogP contribution in [0.15, 0.2) is 21.3 Å². The lowest BCUT2D eigenvalue weighted by Crippen LogP contribution is -2.41. The van der Waals surface area contributed by atoms with E-state index in [1.54, 1.807) is 0 Å². The molecule has 1 fully saturated rings. The molecule has 6 heteroatoms. The molecule has 0 radical (unpaired) electrons. The molecule has 0 bridgehead atoms. The molecule has 0 atom stereocenters. The van der Waals surface area contributed by atoms with Gasteiger partial charge in [-0.2, -0.15) is 0 Å². The number of nitrogens with zero attached hydrogens (tertiary/aromatic N) is 1. The third kappa shape index (κ3) is 4.38. The van der Waals surface area contributed by atoms with Crippen LogP contribution < -0.4 is 10.4 Å². The average Bonchev–Trinajstić information content (AvgIpc) is 2.72. The number of ether oxygens (including phenoxy) is 2. The second kappa shape index (κ2) is 8.80. The van der Waals surface area contributed by atoms with Gasteiger partial charge in [0.05, 0.1) is 11.7 Å². The van der Waals surface area contributed by atoms with Gasteiger partial charge < -0.3 is 13.9 Å². The molecule has 0 amide bonds. The van der Waals surface area contributed by atoms with Gasteiger partial charge in [-0.1, -0.05) is 19.3 Å². The lowest BCUT2D eigenvalue weighted by Gasteiger charge is -2.38. The molecule has 2 aromatic rings. The summed E-state index contributed by atoms with van der Waals surface area (Å²) in [6, 6.07) is 4.03. The minimum absolute atomic E-state index is 0.125. The molecule has 30 heavy (non-hydrogen) atoms. The Labute approximate surface area is 177 Å². The van der Waals surface area contributed by atoms with Crippen molar-refractivity contribution >= 4 is 16.9 Å². The van der Waals surface area contributed by atoms with Gasteiger partial charge in [-0.15, -0.1) is 0 Å². The van der Waals surface area contributed by atoms with E-state index >= 15 is 0 Å². The molecule has 0 unspecified atom stereocenters. The van der Waals surface area contributed by atoms with E-state index in [0.717, 1.165) is 27.8 Å². The van der Waals surface area contributed by atoms with Gasteiger partial charge in [0, 0.05) is 30.5 Å². The van der Waals surface area contributed by atoms with Gasteiger partial charge in [-0.25, -0.2) is 4.79 Å². The van der Waals surface area contributed by atoms with Crippen molar-refractivity contribution in [3.8, 4) is 5.75 Å². The maximum Gasteiger partial charge on any atom is 0.336 e. The first-order valence-electron chi connectivity index (χ1n) is 11.1. The number of hydrogen-bond acceptors (Lipinski definition) is 6. The summed E-state index contributed by atoms with van der Waals surface area (Å²) < 4.78 is 17.2. The summed E-state index contributed by atoms with van der Waals surface area (Å²) in [4.78, 5) is 26.6. The third-order valence-corrected chi connectivity index (χ3v) is 6.16. The SMILES string of the molecule is Cc1cc(=O)oc2c3c(c(CCC(=O)OC(C)C)cc12)OCN(C1CCCCC1)C3. The topological polar surface area (TPSA) is 69.0 Å². The minimum Gasteiger partial charge on any atom is -0.477 e. The van der Waals surface area contributed by atoms with Crippen molar-refractivity contribution in [2.24, 2.45) is 0 Å². The fourth-order valence-electron chi connectivity index (χ4n) is 4.70. The zero-order valence-corrected chi connectivity index (χ0v) is 18.2. The second-order valence-corrected chi connectivity index (χ2v) is 8.82. The predicted octanol–water partition coefficient (Wildman–Crippen LogP) is 4.47. The Morgan fingerprint density at radius 2 is 2.00 bits per heavy atom. The Kier molecular flexibility index (Phi) is 6.14. The van der Waals surface area contributed by atoms with Crippen molar-refractivity contribution < 1.29 is 18.7 Å². The van der Waals surface area contributed by atoms with E-state index in [-0.39, 0.29) is 17.7 Å². The molecular weight excluding hydrogens is 382 g/mol. The maximum absolute atomic E-state index is 12.1. The molecule has 6 nitrogen and oxygen atoms in total. The molecule has 1 saturated carbocycles. The first-order valence-corrected chi connectivity index (χ1v) is 11.1. The summed E-state index contributed by atoms with van der Waals surface area (Å²) in [5.74, 6) is 0.551. The van der Waals surface area contributed by atoms with Gasteiger partial charge in [0.15, 0.2) is 0 Å². The van der Waals surface area contributed by atoms with E-state index in [9.17, 15) is 9.59 Å². The molecule has 1 aliphatic carbocycles. The molecule has 0 saturated heterocycles. The lowest BCUT2D eigenvalue weighted by molar-refractivity contribution is -0.147. The van der Waals surface area contributed by atoms with Gasteiger partial charge in [-0.05, 0) is 57.2 Å². The predicted molar refractivity (Wildman–Crippen MR) is 115 cm³/mol.